The fourth-order valence-corrected chi connectivity index (χ4v) is 1.84. The Morgan fingerprint density at radius 2 is 2.25 bits per heavy atom. The van der Waals surface area contributed by atoms with E-state index in [-0.39, 0.29) is 6.61 Å². The Labute approximate surface area is 94.1 Å². The zero-order chi connectivity index (χ0) is 11.5. The van der Waals surface area contributed by atoms with Crippen LogP contribution in [0, 0.1) is 6.92 Å². The Morgan fingerprint density at radius 1 is 1.44 bits per heavy atom. The van der Waals surface area contributed by atoms with E-state index in [1.54, 1.807) is 6.33 Å². The molecule has 0 saturated heterocycles. The van der Waals surface area contributed by atoms with E-state index in [9.17, 15) is 0 Å². The van der Waals surface area contributed by atoms with Gasteiger partial charge in [-0.2, -0.15) is 0 Å². The Kier molecular flexibility index (Phi) is 3.05. The molecular weight excluding hydrogens is 204 g/mol. The van der Waals surface area contributed by atoms with Crippen LogP contribution in [-0.4, -0.2) is 39.8 Å². The molecule has 86 valence electrons. The highest BCUT2D eigenvalue weighted by Crippen LogP contribution is 2.22. The number of aliphatic hydroxyl groups excluding tert-OH is 1. The molecule has 0 bridgehead atoms. The number of fused-ring (bicyclic) bond motifs is 1. The summed E-state index contributed by atoms with van der Waals surface area (Å²) in [7, 11) is 0. The lowest BCUT2D eigenvalue weighted by molar-refractivity contribution is 0.302. The molecule has 0 atom stereocenters. The van der Waals surface area contributed by atoms with Crippen LogP contribution in [0.4, 0.5) is 5.82 Å². The first-order valence-corrected chi connectivity index (χ1v) is 5.42. The van der Waals surface area contributed by atoms with Crippen molar-refractivity contribution in [1.82, 2.24) is 15.0 Å². The summed E-state index contributed by atoms with van der Waals surface area (Å²) in [5.74, 6) is 0.880. The van der Waals surface area contributed by atoms with Crippen LogP contribution in [0.3, 0.4) is 0 Å². The largest absolute Gasteiger partial charge is 0.395 e. The summed E-state index contributed by atoms with van der Waals surface area (Å²) in [6, 6.07) is 2.03. The zero-order valence-electron chi connectivity index (χ0n) is 9.56. The van der Waals surface area contributed by atoms with Crippen molar-refractivity contribution in [3.63, 3.8) is 0 Å². The van der Waals surface area contributed by atoms with Crippen LogP contribution in [-0.2, 0) is 0 Å². The average molecular weight is 220 g/mol. The van der Waals surface area contributed by atoms with Gasteiger partial charge in [0, 0.05) is 18.8 Å². The van der Waals surface area contributed by atoms with Gasteiger partial charge in [0.2, 0.25) is 0 Å². The van der Waals surface area contributed by atoms with Gasteiger partial charge >= 0.3 is 0 Å². The molecule has 0 radical (unpaired) electrons. The van der Waals surface area contributed by atoms with Crippen LogP contribution in [0.5, 0.6) is 0 Å². The van der Waals surface area contributed by atoms with Crippen LogP contribution >= 0.6 is 0 Å². The first-order chi connectivity index (χ1) is 7.76. The van der Waals surface area contributed by atoms with Crippen molar-refractivity contribution in [3.8, 4) is 0 Å². The highest BCUT2D eigenvalue weighted by molar-refractivity contribution is 5.88. The van der Waals surface area contributed by atoms with Gasteiger partial charge in [0.15, 0.2) is 0 Å². The maximum absolute atomic E-state index is 9.01. The van der Waals surface area contributed by atoms with Gasteiger partial charge in [0.25, 0.3) is 0 Å². The molecule has 0 aliphatic rings. The second-order valence-corrected chi connectivity index (χ2v) is 3.72. The molecular formula is C11H16N4O. The van der Waals surface area contributed by atoms with Crippen molar-refractivity contribution in [1.29, 1.82) is 0 Å². The van der Waals surface area contributed by atoms with Gasteiger partial charge in [-0.15, -0.1) is 0 Å². The lowest BCUT2D eigenvalue weighted by Crippen LogP contribution is -2.27. The molecule has 0 amide bonds. The molecule has 2 N–H and O–H groups in total. The number of nitrogens with zero attached hydrogens (tertiary/aromatic N) is 3. The third kappa shape index (κ3) is 1.86. The Bertz CT molecular complexity index is 480. The fraction of sp³-hybridized carbons (Fsp3) is 0.455. The van der Waals surface area contributed by atoms with E-state index in [0.29, 0.717) is 6.54 Å². The molecule has 5 heteroatoms. The second kappa shape index (κ2) is 4.49. The lowest BCUT2D eigenvalue weighted by Gasteiger charge is -2.20. The summed E-state index contributed by atoms with van der Waals surface area (Å²) >= 11 is 0. The molecule has 0 aromatic carbocycles. The number of aliphatic hydroxyl groups is 1. The minimum atomic E-state index is 0.128. The SMILES string of the molecule is CCN(CCO)c1ncnc2[nH]c(C)cc12. The van der Waals surface area contributed by atoms with E-state index in [2.05, 4.69) is 15.0 Å². The lowest BCUT2D eigenvalue weighted by atomic mass is 10.3. The summed E-state index contributed by atoms with van der Waals surface area (Å²) in [6.45, 7) is 5.57. The molecule has 2 rings (SSSR count). The third-order valence-corrected chi connectivity index (χ3v) is 2.59. The molecule has 2 heterocycles. The molecule has 0 aliphatic carbocycles. The summed E-state index contributed by atoms with van der Waals surface area (Å²) in [5, 5.41) is 10.0. The van der Waals surface area contributed by atoms with Crippen molar-refractivity contribution in [2.24, 2.45) is 0 Å². The summed E-state index contributed by atoms with van der Waals surface area (Å²) < 4.78 is 0. The molecule has 2 aromatic rings. The molecule has 16 heavy (non-hydrogen) atoms. The smallest absolute Gasteiger partial charge is 0.143 e. The number of likely N-dealkylation sites (N-methyl/N-ethyl adjacent to an activating group) is 1. The summed E-state index contributed by atoms with van der Waals surface area (Å²) in [5.41, 5.74) is 1.91. The summed E-state index contributed by atoms with van der Waals surface area (Å²) in [4.78, 5) is 13.7. The number of aromatic nitrogens is 3. The predicted octanol–water partition coefficient (Wildman–Crippen LogP) is 1.08. The molecule has 2 aromatic heterocycles. The summed E-state index contributed by atoms with van der Waals surface area (Å²) in [6.07, 6.45) is 1.55. The number of aromatic amines is 1. The highest BCUT2D eigenvalue weighted by atomic mass is 16.3. The second-order valence-electron chi connectivity index (χ2n) is 3.72. The van der Waals surface area contributed by atoms with Crippen LogP contribution in [0.25, 0.3) is 11.0 Å². The standard InChI is InChI=1S/C11H16N4O/c1-3-15(4-5-16)11-9-6-8(2)14-10(9)12-7-13-11/h6-7,16H,3-5H2,1-2H3,(H,12,13,14). The van der Waals surface area contributed by atoms with Gasteiger partial charge in [-0.05, 0) is 19.9 Å². The monoisotopic (exact) mass is 220 g/mol. The van der Waals surface area contributed by atoms with Crippen LogP contribution in [0.1, 0.15) is 12.6 Å². The molecule has 0 fully saturated rings. The first kappa shape index (κ1) is 10.9. The number of H-pyrrole nitrogens is 1. The maximum atomic E-state index is 9.01. The Hall–Kier alpha value is -1.62. The number of hydrogen-bond acceptors (Lipinski definition) is 4. The van der Waals surface area contributed by atoms with E-state index < -0.39 is 0 Å². The number of anilines is 1. The molecule has 0 spiro atoms. The van der Waals surface area contributed by atoms with Crippen LogP contribution < -0.4 is 4.90 Å². The van der Waals surface area contributed by atoms with Crippen molar-refractivity contribution < 1.29 is 5.11 Å². The normalized spacial score (nSPS) is 10.9. The Balaban J connectivity index is 2.49. The minimum Gasteiger partial charge on any atom is -0.395 e. The average Bonchev–Trinajstić information content (AvgIpc) is 2.66. The number of rotatable bonds is 4. The van der Waals surface area contributed by atoms with Gasteiger partial charge < -0.3 is 15.0 Å². The van der Waals surface area contributed by atoms with Gasteiger partial charge in [0.1, 0.15) is 17.8 Å². The van der Waals surface area contributed by atoms with Crippen molar-refractivity contribution >= 4 is 16.9 Å². The van der Waals surface area contributed by atoms with E-state index >= 15 is 0 Å². The maximum Gasteiger partial charge on any atom is 0.143 e. The van der Waals surface area contributed by atoms with Crippen LogP contribution in [0.15, 0.2) is 12.4 Å². The van der Waals surface area contributed by atoms with Gasteiger partial charge in [-0.1, -0.05) is 0 Å². The quantitative estimate of drug-likeness (QED) is 0.809. The van der Waals surface area contributed by atoms with E-state index in [1.807, 2.05) is 24.8 Å². The molecule has 0 unspecified atom stereocenters. The number of aryl methyl sites for hydroxylation is 1. The first-order valence-electron chi connectivity index (χ1n) is 5.42. The van der Waals surface area contributed by atoms with Crippen LogP contribution in [0.2, 0.25) is 0 Å². The highest BCUT2D eigenvalue weighted by Gasteiger charge is 2.11. The fourth-order valence-electron chi connectivity index (χ4n) is 1.84. The van der Waals surface area contributed by atoms with E-state index in [1.165, 1.54) is 0 Å². The minimum absolute atomic E-state index is 0.128. The zero-order valence-corrected chi connectivity index (χ0v) is 9.56. The van der Waals surface area contributed by atoms with Crippen molar-refractivity contribution in [3.05, 3.63) is 18.1 Å². The van der Waals surface area contributed by atoms with E-state index in [0.717, 1.165) is 29.1 Å². The van der Waals surface area contributed by atoms with Gasteiger partial charge in [-0.3, -0.25) is 0 Å². The van der Waals surface area contributed by atoms with Gasteiger partial charge in [-0.25, -0.2) is 9.97 Å². The van der Waals surface area contributed by atoms with Gasteiger partial charge in [0.05, 0.1) is 12.0 Å². The van der Waals surface area contributed by atoms with Crippen molar-refractivity contribution in [2.75, 3.05) is 24.6 Å². The third-order valence-electron chi connectivity index (χ3n) is 2.59. The number of nitrogens with one attached hydrogen (secondary N) is 1. The molecule has 5 nitrogen and oxygen atoms in total. The Morgan fingerprint density at radius 3 is 2.94 bits per heavy atom. The predicted molar refractivity (Wildman–Crippen MR) is 63.6 cm³/mol. The number of hydrogen-bond donors (Lipinski definition) is 2. The van der Waals surface area contributed by atoms with Crippen molar-refractivity contribution in [2.45, 2.75) is 13.8 Å². The molecule has 0 saturated carbocycles. The molecule has 0 aliphatic heterocycles. The van der Waals surface area contributed by atoms with E-state index in [4.69, 9.17) is 5.11 Å². The topological polar surface area (TPSA) is 65.0 Å².